The van der Waals surface area contributed by atoms with E-state index in [1.54, 1.807) is 0 Å². The largest absolute Gasteiger partial charge is 0.355 e. The first-order valence-electron chi connectivity index (χ1n) is 28.6. The van der Waals surface area contributed by atoms with Crippen LogP contribution in [0, 0.1) is 0 Å². The highest BCUT2D eigenvalue weighted by atomic mass is 32.1. The van der Waals surface area contributed by atoms with Crippen molar-refractivity contribution < 1.29 is 0 Å². The van der Waals surface area contributed by atoms with Crippen molar-refractivity contribution >= 4 is 82.9 Å². The van der Waals surface area contributed by atoms with Crippen molar-refractivity contribution in [1.82, 2.24) is 4.57 Å². The van der Waals surface area contributed by atoms with Crippen LogP contribution < -0.4 is 16.2 Å². The Morgan fingerprint density at radius 2 is 1.24 bits per heavy atom. The van der Waals surface area contributed by atoms with E-state index in [4.69, 9.17) is 0 Å². The van der Waals surface area contributed by atoms with Crippen molar-refractivity contribution in [2.45, 2.75) is 156 Å². The van der Waals surface area contributed by atoms with E-state index in [0.717, 1.165) is 25.1 Å². The Labute approximate surface area is 457 Å². The van der Waals surface area contributed by atoms with Gasteiger partial charge in [-0.15, -0.1) is 11.3 Å². The second-order valence-electron chi connectivity index (χ2n) is 27.1. The molecule has 0 spiro atoms. The zero-order valence-electron chi connectivity index (χ0n) is 47.5. The van der Waals surface area contributed by atoms with E-state index in [2.05, 4.69) is 233 Å². The number of fused-ring (bicyclic) bond motifs is 12. The highest BCUT2D eigenvalue weighted by Gasteiger charge is 2.39. The molecule has 2 aliphatic carbocycles. The molecule has 2 aromatic heterocycles. The van der Waals surface area contributed by atoms with Gasteiger partial charge < -0.3 is 9.88 Å². The van der Waals surface area contributed by atoms with Crippen LogP contribution in [0.25, 0.3) is 81.0 Å². The maximum atomic E-state index is 4.13. The number of thiophene rings is 1. The third-order valence-corrected chi connectivity index (χ3v) is 19.7. The maximum Gasteiger partial charge on any atom is 0.198 e. The number of rotatable bonds is 8. The molecule has 0 fully saturated rings. The van der Waals surface area contributed by atoms with Gasteiger partial charge in [0.05, 0.1) is 5.52 Å². The molecule has 3 aliphatic rings. The van der Waals surface area contributed by atoms with Crippen molar-refractivity contribution in [3.05, 3.63) is 172 Å². The van der Waals surface area contributed by atoms with Crippen LogP contribution in [-0.2, 0) is 33.5 Å². The predicted octanol–water partition coefficient (Wildman–Crippen LogP) is 18.9. The quantitative estimate of drug-likeness (QED) is 0.119. The lowest BCUT2D eigenvalue weighted by molar-refractivity contribution is 0.332. The van der Waals surface area contributed by atoms with Crippen molar-refractivity contribution in [1.29, 1.82) is 0 Å². The van der Waals surface area contributed by atoms with E-state index in [9.17, 15) is 0 Å². The summed E-state index contributed by atoms with van der Waals surface area (Å²) in [6.45, 7) is 31.1. The third kappa shape index (κ3) is 7.69. The molecule has 1 N–H and O–H groups in total. The van der Waals surface area contributed by atoms with Crippen molar-refractivity contribution in [2.75, 3.05) is 5.32 Å². The van der Waals surface area contributed by atoms with Crippen LogP contribution in [0.5, 0.6) is 0 Å². The average Bonchev–Trinajstić information content (AvgIpc) is 4.21. The van der Waals surface area contributed by atoms with Gasteiger partial charge in [-0.25, -0.2) is 0 Å². The molecule has 382 valence electrons. The second kappa shape index (κ2) is 17.1. The molecular weight excluding hydrogens is 936 g/mol. The van der Waals surface area contributed by atoms with Crippen LogP contribution in [0.15, 0.2) is 133 Å². The van der Waals surface area contributed by atoms with Crippen LogP contribution in [-0.4, -0.2) is 11.8 Å². The number of unbranched alkanes of at least 4 members (excludes halogenated alkanes) is 2. The van der Waals surface area contributed by atoms with Gasteiger partial charge in [-0.3, -0.25) is 0 Å². The molecule has 2 nitrogen and oxygen atoms in total. The number of nitrogens with one attached hydrogen (secondary N) is 1. The first-order chi connectivity index (χ1) is 36.1. The molecule has 0 unspecified atom stereocenters. The number of hydrogen-bond acceptors (Lipinski definition) is 2. The van der Waals surface area contributed by atoms with Gasteiger partial charge in [-0.05, 0) is 186 Å². The topological polar surface area (TPSA) is 17.0 Å². The Morgan fingerprint density at radius 1 is 0.566 bits per heavy atom. The highest BCUT2D eigenvalue weighted by Crippen LogP contribution is 2.53. The molecule has 1 aliphatic heterocycles. The maximum absolute atomic E-state index is 4.13. The summed E-state index contributed by atoms with van der Waals surface area (Å²) < 4.78 is 5.38. The summed E-state index contributed by atoms with van der Waals surface area (Å²) in [5.74, 6) is 0. The number of anilines is 2. The first kappa shape index (κ1) is 49.2. The first-order valence-corrected chi connectivity index (χ1v) is 29.4. The monoisotopic (exact) mass is 1010 g/mol. The predicted molar refractivity (Wildman–Crippen MR) is 334 cm³/mol. The van der Waals surface area contributed by atoms with Gasteiger partial charge >= 0.3 is 0 Å². The van der Waals surface area contributed by atoms with E-state index >= 15 is 0 Å². The summed E-state index contributed by atoms with van der Waals surface area (Å²) >= 11 is 1.97. The van der Waals surface area contributed by atoms with Crippen molar-refractivity contribution in [2.24, 2.45) is 0 Å². The number of nitrogens with zero attached hydrogens (tertiary/aromatic N) is 1. The molecular formula is C72H75BN2S. The molecule has 4 heteroatoms. The Bertz CT molecular complexity index is 4040. The Balaban J connectivity index is 1.15. The van der Waals surface area contributed by atoms with Crippen LogP contribution in [0.4, 0.5) is 11.4 Å². The summed E-state index contributed by atoms with van der Waals surface area (Å²) in [4.78, 5) is 0. The Kier molecular flexibility index (Phi) is 11.1. The van der Waals surface area contributed by atoms with E-state index in [-0.39, 0.29) is 27.1 Å². The molecule has 0 radical (unpaired) electrons. The number of aromatic nitrogens is 1. The second-order valence-corrected chi connectivity index (χ2v) is 28.2. The zero-order valence-corrected chi connectivity index (χ0v) is 48.3. The number of hydrogen-bond donors (Lipinski definition) is 1. The molecule has 76 heavy (non-hydrogen) atoms. The number of aryl methyl sites for hydroxylation is 1. The van der Waals surface area contributed by atoms with Crippen LogP contribution >= 0.6 is 11.3 Å². The lowest BCUT2D eigenvalue weighted by Gasteiger charge is -2.41. The van der Waals surface area contributed by atoms with E-state index in [1.165, 1.54) is 163 Å². The molecule has 3 heterocycles. The van der Waals surface area contributed by atoms with E-state index < -0.39 is 0 Å². The Morgan fingerprint density at radius 3 is 1.97 bits per heavy atom. The van der Waals surface area contributed by atoms with Crippen LogP contribution in [0.1, 0.15) is 161 Å². The Hall–Kier alpha value is -6.36. The summed E-state index contributed by atoms with van der Waals surface area (Å²) in [5, 5.41) is 9.53. The zero-order chi connectivity index (χ0) is 53.0. The minimum Gasteiger partial charge on any atom is -0.355 e. The minimum atomic E-state index is -0.0832. The normalized spacial score (nSPS) is 16.0. The van der Waals surface area contributed by atoms with Gasteiger partial charge in [0, 0.05) is 64.5 Å². The highest BCUT2D eigenvalue weighted by molar-refractivity contribution is 7.25. The van der Waals surface area contributed by atoms with E-state index in [0.29, 0.717) is 0 Å². The van der Waals surface area contributed by atoms with Gasteiger partial charge in [0.1, 0.15) is 0 Å². The summed E-state index contributed by atoms with van der Waals surface area (Å²) in [5.41, 5.74) is 26.9. The summed E-state index contributed by atoms with van der Waals surface area (Å²) in [6.07, 6.45) is 7.24. The fraction of sp³-hybridized carbons (Fsp3) is 0.333. The molecule has 8 aromatic carbocycles. The lowest BCUT2D eigenvalue weighted by atomic mass is 9.58. The van der Waals surface area contributed by atoms with Gasteiger partial charge in [-0.2, -0.15) is 0 Å². The molecule has 0 bridgehead atoms. The summed E-state index contributed by atoms with van der Waals surface area (Å²) in [7, 11) is 0.838. The standard InChI is InChI=1S/C72H75BN2S/c1-14-15-16-19-42-22-27-46(28-23-42)74-60-41-64-51(52-39-57-58(40-63(52)76-64)71(10,11)33-32-70(57,8)9)38-50(60)53-37-48(43-24-29-56-49(34-43)47-20-17-18-21-55(47)72(56,12)13)65-54-35-44(68(2,3)4)25-30-61(54)75-62-31-26-45(69(5,6)7)36-59(62)73-66(53)67(65)75/h17-18,20-31,34-41,73-74H,14-16,19,32-33H2,1-13H3. The molecule has 0 amide bonds. The smallest absolute Gasteiger partial charge is 0.198 e. The molecule has 0 saturated heterocycles. The fourth-order valence-electron chi connectivity index (χ4n) is 13.8. The van der Waals surface area contributed by atoms with Gasteiger partial charge in [0.15, 0.2) is 7.28 Å². The molecule has 0 saturated carbocycles. The fourth-order valence-corrected chi connectivity index (χ4v) is 15.0. The van der Waals surface area contributed by atoms with Crippen LogP contribution in [0.2, 0.25) is 0 Å². The van der Waals surface area contributed by atoms with Gasteiger partial charge in [0.25, 0.3) is 0 Å². The van der Waals surface area contributed by atoms with E-state index in [1.807, 2.05) is 11.3 Å². The van der Waals surface area contributed by atoms with Crippen molar-refractivity contribution in [3.63, 3.8) is 0 Å². The van der Waals surface area contributed by atoms with Gasteiger partial charge in [-0.1, -0.05) is 175 Å². The van der Waals surface area contributed by atoms with Crippen LogP contribution in [0.3, 0.4) is 0 Å². The third-order valence-electron chi connectivity index (χ3n) is 18.6. The molecule has 10 aromatic rings. The minimum absolute atomic E-state index is 0.00901. The average molecular weight is 1010 g/mol. The van der Waals surface area contributed by atoms with Crippen molar-refractivity contribution in [3.8, 4) is 39.1 Å². The lowest BCUT2D eigenvalue weighted by Crippen LogP contribution is -2.38. The SMILES string of the molecule is CCCCCc1ccc(Nc2cc3sc4cc5c(cc4c3cc2-c2cc(-c3ccc4c(c3)-c3ccccc3C4(C)C)c3c4cc(C(C)(C)C)ccc4n4c3c2Bc2cc(C(C)(C)C)ccc2-4)C(C)(C)CCC5(C)C)cc1. The number of benzene rings is 8. The molecule has 0 atom stereocenters. The summed E-state index contributed by atoms with van der Waals surface area (Å²) in [6, 6.07) is 53.5. The molecule has 13 rings (SSSR count). The van der Waals surface area contributed by atoms with Gasteiger partial charge in [0.2, 0.25) is 0 Å².